The summed E-state index contributed by atoms with van der Waals surface area (Å²) in [6.07, 6.45) is 0.0954. The zero-order valence-corrected chi connectivity index (χ0v) is 12.0. The summed E-state index contributed by atoms with van der Waals surface area (Å²) in [5.41, 5.74) is 1.28. The lowest BCUT2D eigenvalue weighted by atomic mass is 10.1. The van der Waals surface area contributed by atoms with Crippen molar-refractivity contribution in [2.45, 2.75) is 6.42 Å². The first-order valence-corrected chi connectivity index (χ1v) is 6.89. The molecule has 0 aliphatic rings. The lowest BCUT2D eigenvalue weighted by Crippen LogP contribution is -2.03. The van der Waals surface area contributed by atoms with Crippen LogP contribution in [0.1, 0.15) is 16.1 Å². The highest BCUT2D eigenvalue weighted by Gasteiger charge is 2.15. The second kappa shape index (κ2) is 5.21. The van der Waals surface area contributed by atoms with Gasteiger partial charge in [-0.25, -0.2) is 4.39 Å². The van der Waals surface area contributed by atoms with Gasteiger partial charge >= 0.3 is 0 Å². The third-order valence-electron chi connectivity index (χ3n) is 3.08. The molecule has 3 aromatic rings. The first kappa shape index (κ1) is 13.1. The van der Waals surface area contributed by atoms with Gasteiger partial charge in [0.15, 0.2) is 5.76 Å². The molecule has 4 heteroatoms. The number of rotatable bonds is 3. The maximum atomic E-state index is 13.4. The number of hydrogen-bond donors (Lipinski definition) is 0. The largest absolute Gasteiger partial charge is 0.453 e. The van der Waals surface area contributed by atoms with E-state index in [0.29, 0.717) is 21.4 Å². The minimum absolute atomic E-state index is 0.0954. The van der Waals surface area contributed by atoms with Gasteiger partial charge in [0.2, 0.25) is 5.78 Å². The topological polar surface area (TPSA) is 30.2 Å². The fraction of sp³-hybridized carbons (Fsp3) is 0.0625. The zero-order valence-electron chi connectivity index (χ0n) is 10.4. The molecule has 0 amide bonds. The van der Waals surface area contributed by atoms with Crippen molar-refractivity contribution < 1.29 is 13.6 Å². The van der Waals surface area contributed by atoms with Gasteiger partial charge in [-0.2, -0.15) is 0 Å². The molecule has 2 aromatic carbocycles. The van der Waals surface area contributed by atoms with Crippen LogP contribution in [0.3, 0.4) is 0 Å². The van der Waals surface area contributed by atoms with Gasteiger partial charge in [0.1, 0.15) is 11.4 Å². The molecule has 20 heavy (non-hydrogen) atoms. The van der Waals surface area contributed by atoms with Gasteiger partial charge in [-0.05, 0) is 39.7 Å². The van der Waals surface area contributed by atoms with Crippen molar-refractivity contribution in [3.63, 3.8) is 0 Å². The van der Waals surface area contributed by atoms with Gasteiger partial charge in [-0.3, -0.25) is 4.79 Å². The third kappa shape index (κ3) is 2.39. The van der Waals surface area contributed by atoms with Crippen molar-refractivity contribution in [2.24, 2.45) is 0 Å². The lowest BCUT2D eigenvalue weighted by molar-refractivity contribution is 0.0968. The van der Waals surface area contributed by atoms with Crippen LogP contribution in [-0.4, -0.2) is 5.78 Å². The molecule has 0 aliphatic carbocycles. The minimum atomic E-state index is -0.375. The molecule has 0 bridgehead atoms. The van der Waals surface area contributed by atoms with E-state index in [4.69, 9.17) is 4.42 Å². The lowest BCUT2D eigenvalue weighted by Gasteiger charge is -2.03. The molecule has 0 fully saturated rings. The Morgan fingerprint density at radius 2 is 1.95 bits per heavy atom. The number of benzene rings is 2. The summed E-state index contributed by atoms with van der Waals surface area (Å²) in [7, 11) is 0. The van der Waals surface area contributed by atoms with Crippen LogP contribution in [0.15, 0.2) is 57.4 Å². The van der Waals surface area contributed by atoms with Crippen molar-refractivity contribution >= 4 is 32.7 Å². The number of furan rings is 1. The third-order valence-corrected chi connectivity index (χ3v) is 3.97. The smallest absolute Gasteiger partial charge is 0.202 e. The maximum Gasteiger partial charge on any atom is 0.202 e. The molecule has 3 rings (SSSR count). The van der Waals surface area contributed by atoms with Crippen molar-refractivity contribution in [2.75, 3.05) is 0 Å². The van der Waals surface area contributed by atoms with Crippen molar-refractivity contribution in [3.8, 4) is 0 Å². The molecule has 1 heterocycles. The van der Waals surface area contributed by atoms with Crippen LogP contribution in [0, 0.1) is 5.82 Å². The molecule has 0 aliphatic heterocycles. The molecule has 100 valence electrons. The number of ketones is 1. The van der Waals surface area contributed by atoms with E-state index >= 15 is 0 Å². The van der Waals surface area contributed by atoms with E-state index in [2.05, 4.69) is 15.9 Å². The Kier molecular flexibility index (Phi) is 3.40. The van der Waals surface area contributed by atoms with E-state index in [-0.39, 0.29) is 18.0 Å². The highest BCUT2D eigenvalue weighted by atomic mass is 79.9. The Hall–Kier alpha value is -1.94. The molecule has 0 saturated heterocycles. The monoisotopic (exact) mass is 332 g/mol. The predicted octanol–water partition coefficient (Wildman–Crippen LogP) is 4.76. The highest BCUT2D eigenvalue weighted by molar-refractivity contribution is 9.10. The Bertz CT molecular complexity index is 759. The number of para-hydroxylation sites is 1. The van der Waals surface area contributed by atoms with Crippen molar-refractivity contribution in [1.82, 2.24) is 0 Å². The molecule has 0 N–H and O–H groups in total. The van der Waals surface area contributed by atoms with Crippen molar-refractivity contribution in [3.05, 3.63) is 70.1 Å². The minimum Gasteiger partial charge on any atom is -0.453 e. The van der Waals surface area contributed by atoms with Crippen LogP contribution in [0.5, 0.6) is 0 Å². The summed E-state index contributed by atoms with van der Waals surface area (Å²) in [6, 6.07) is 13.8. The maximum absolute atomic E-state index is 13.4. The summed E-state index contributed by atoms with van der Waals surface area (Å²) in [5, 5.41) is 0.883. The molecule has 0 atom stereocenters. The average Bonchev–Trinajstić information content (AvgIpc) is 2.88. The highest BCUT2D eigenvalue weighted by Crippen LogP contribution is 2.24. The van der Waals surface area contributed by atoms with E-state index in [1.165, 1.54) is 6.07 Å². The van der Waals surface area contributed by atoms with E-state index in [0.717, 1.165) is 5.39 Å². The van der Waals surface area contributed by atoms with E-state index in [1.807, 2.05) is 24.3 Å². The molecule has 0 saturated carbocycles. The van der Waals surface area contributed by atoms with E-state index < -0.39 is 0 Å². The van der Waals surface area contributed by atoms with Gasteiger partial charge in [0, 0.05) is 11.8 Å². The van der Waals surface area contributed by atoms with Crippen LogP contribution >= 0.6 is 15.9 Å². The normalized spacial score (nSPS) is 10.9. The van der Waals surface area contributed by atoms with Crippen LogP contribution in [0.25, 0.3) is 11.0 Å². The summed E-state index contributed by atoms with van der Waals surface area (Å²) in [4.78, 5) is 12.2. The first-order valence-electron chi connectivity index (χ1n) is 6.10. The Morgan fingerprint density at radius 3 is 2.75 bits per heavy atom. The van der Waals surface area contributed by atoms with Gasteiger partial charge in [-0.15, -0.1) is 0 Å². The summed E-state index contributed by atoms with van der Waals surface area (Å²) < 4.78 is 19.3. The summed E-state index contributed by atoms with van der Waals surface area (Å²) >= 11 is 3.16. The van der Waals surface area contributed by atoms with Gasteiger partial charge < -0.3 is 4.42 Å². The van der Waals surface area contributed by atoms with Gasteiger partial charge in [0.25, 0.3) is 0 Å². The number of hydrogen-bond acceptors (Lipinski definition) is 2. The number of Topliss-reactive ketones (excluding diaryl/α,β-unsaturated/α-hetero) is 1. The average molecular weight is 333 g/mol. The SMILES string of the molecule is O=C(Cc1cccc(F)c1Br)c1cc2ccccc2o1. The quantitative estimate of drug-likeness (QED) is 0.647. The number of carbonyl (C=O) groups is 1. The Morgan fingerprint density at radius 1 is 1.15 bits per heavy atom. The first-order chi connectivity index (χ1) is 9.65. The van der Waals surface area contributed by atoms with Gasteiger partial charge in [-0.1, -0.05) is 30.3 Å². The Balaban J connectivity index is 1.91. The number of fused-ring (bicyclic) bond motifs is 1. The molecular formula is C16H10BrFO2. The fourth-order valence-electron chi connectivity index (χ4n) is 2.06. The predicted molar refractivity (Wildman–Crippen MR) is 78.3 cm³/mol. The molecule has 0 spiro atoms. The Labute approximate surface area is 123 Å². The molecule has 0 unspecified atom stereocenters. The van der Waals surface area contributed by atoms with Crippen LogP contribution in [0.4, 0.5) is 4.39 Å². The molecule has 1 aromatic heterocycles. The second-order valence-corrected chi connectivity index (χ2v) is 5.25. The van der Waals surface area contributed by atoms with E-state index in [1.54, 1.807) is 18.2 Å². The molecular weight excluding hydrogens is 323 g/mol. The fourth-order valence-corrected chi connectivity index (χ4v) is 2.47. The van der Waals surface area contributed by atoms with E-state index in [9.17, 15) is 9.18 Å². The second-order valence-electron chi connectivity index (χ2n) is 4.46. The number of carbonyl (C=O) groups excluding carboxylic acids is 1. The zero-order chi connectivity index (χ0) is 14.1. The van der Waals surface area contributed by atoms with Crippen LogP contribution < -0.4 is 0 Å². The summed E-state index contributed by atoms with van der Waals surface area (Å²) in [6.45, 7) is 0. The van der Waals surface area contributed by atoms with Gasteiger partial charge in [0.05, 0.1) is 4.47 Å². The standard InChI is InChI=1S/C16H10BrFO2/c17-16-11(5-3-6-12(16)18)8-13(19)15-9-10-4-1-2-7-14(10)20-15/h1-7,9H,8H2. The molecule has 2 nitrogen and oxygen atoms in total. The van der Waals surface area contributed by atoms with Crippen LogP contribution in [-0.2, 0) is 6.42 Å². The number of halogens is 2. The molecule has 0 radical (unpaired) electrons. The van der Waals surface area contributed by atoms with Crippen LogP contribution in [0.2, 0.25) is 0 Å². The van der Waals surface area contributed by atoms with Crippen molar-refractivity contribution in [1.29, 1.82) is 0 Å². The summed E-state index contributed by atoms with van der Waals surface area (Å²) in [5.74, 6) is -0.255.